The molecule has 0 unspecified atom stereocenters. The summed E-state index contributed by atoms with van der Waals surface area (Å²) in [6.45, 7) is 1.51. The smallest absolute Gasteiger partial charge is 0.310 e. The number of para-hydroxylation sites is 1. The van der Waals surface area contributed by atoms with Crippen molar-refractivity contribution in [1.82, 2.24) is 30.0 Å². The average Bonchev–Trinajstić information content (AvgIpc) is 3.75. The Morgan fingerprint density at radius 2 is 1.80 bits per heavy atom. The number of aryl methyl sites for hydroxylation is 2. The van der Waals surface area contributed by atoms with Gasteiger partial charge >= 0.3 is 6.41 Å². The van der Waals surface area contributed by atoms with E-state index in [1.54, 1.807) is 7.11 Å². The Morgan fingerprint density at radius 1 is 1.00 bits per heavy atom. The third-order valence-electron chi connectivity index (χ3n) is 8.14. The van der Waals surface area contributed by atoms with E-state index in [-0.39, 0.29) is 12.2 Å². The van der Waals surface area contributed by atoms with Crippen molar-refractivity contribution in [3.8, 4) is 5.75 Å². The number of methoxy groups -OCH3 is 1. The van der Waals surface area contributed by atoms with Gasteiger partial charge in [-0.2, -0.15) is 0 Å². The minimum atomic E-state index is -0.0957. The van der Waals surface area contributed by atoms with Crippen LogP contribution in [0.4, 0.5) is 0 Å². The summed E-state index contributed by atoms with van der Waals surface area (Å²) in [5, 5.41) is 13.8. The molecule has 0 saturated carbocycles. The summed E-state index contributed by atoms with van der Waals surface area (Å²) in [7, 11) is 1.68. The molecule has 6 rings (SSSR count). The maximum Gasteiger partial charge on any atom is 0.310 e. The molecule has 3 heterocycles. The molecule has 1 fully saturated rings. The van der Waals surface area contributed by atoms with Crippen molar-refractivity contribution in [2.45, 2.75) is 50.9 Å². The van der Waals surface area contributed by atoms with Gasteiger partial charge in [0, 0.05) is 30.1 Å². The van der Waals surface area contributed by atoms with Crippen molar-refractivity contribution in [2.24, 2.45) is 0 Å². The highest BCUT2D eigenvalue weighted by Gasteiger charge is 2.35. The second-order valence-electron chi connectivity index (χ2n) is 10.6. The van der Waals surface area contributed by atoms with Crippen LogP contribution >= 0.6 is 0 Å². The normalized spacial score (nSPS) is 16.2. The molecular formula is C33H35N6O2. The van der Waals surface area contributed by atoms with Crippen molar-refractivity contribution in [1.29, 1.82) is 0 Å². The van der Waals surface area contributed by atoms with Crippen molar-refractivity contribution in [3.63, 3.8) is 0 Å². The summed E-state index contributed by atoms with van der Waals surface area (Å²) in [4.78, 5) is 17.2. The molecule has 0 spiro atoms. The number of H-pyrrole nitrogens is 1. The molecule has 1 radical (unpaired) electrons. The van der Waals surface area contributed by atoms with E-state index in [4.69, 9.17) is 14.9 Å². The molecule has 209 valence electrons. The lowest BCUT2D eigenvalue weighted by Gasteiger charge is -2.32. The van der Waals surface area contributed by atoms with Gasteiger partial charge in [0.25, 0.3) is 0 Å². The van der Waals surface area contributed by atoms with Gasteiger partial charge < -0.3 is 19.6 Å². The Hall–Kier alpha value is -4.43. The fourth-order valence-corrected chi connectivity index (χ4v) is 6.02. The van der Waals surface area contributed by atoms with E-state index in [0.717, 1.165) is 67.1 Å². The lowest BCUT2D eigenvalue weighted by atomic mass is 10.0. The number of aromatic amines is 1. The molecule has 41 heavy (non-hydrogen) atoms. The summed E-state index contributed by atoms with van der Waals surface area (Å²) in [5.74, 6) is 2.69. The van der Waals surface area contributed by atoms with Crippen LogP contribution in [0.15, 0.2) is 85.1 Å². The summed E-state index contributed by atoms with van der Waals surface area (Å²) >= 11 is 0. The number of aromatic nitrogens is 4. The van der Waals surface area contributed by atoms with Crippen molar-refractivity contribution >= 4 is 17.3 Å². The molecule has 2 N–H and O–H groups in total. The number of nitrogens with one attached hydrogen (secondary N) is 2. The predicted molar refractivity (Wildman–Crippen MR) is 159 cm³/mol. The highest BCUT2D eigenvalue weighted by atomic mass is 16.5. The van der Waals surface area contributed by atoms with Crippen molar-refractivity contribution < 1.29 is 9.53 Å². The van der Waals surface area contributed by atoms with Crippen molar-refractivity contribution in [2.75, 3.05) is 13.7 Å². The number of nitrogens with zero attached hydrogens (tertiary/aromatic N) is 4. The first kappa shape index (κ1) is 26.8. The Morgan fingerprint density at radius 3 is 2.61 bits per heavy atom. The van der Waals surface area contributed by atoms with Crippen LogP contribution in [-0.4, -0.2) is 50.9 Å². The molecule has 0 aliphatic carbocycles. The number of rotatable bonds is 12. The van der Waals surface area contributed by atoms with Crippen LogP contribution in [0.3, 0.4) is 0 Å². The predicted octanol–water partition coefficient (Wildman–Crippen LogP) is 4.96. The molecule has 1 amide bonds. The highest BCUT2D eigenvalue weighted by molar-refractivity contribution is 5.83. The van der Waals surface area contributed by atoms with E-state index in [1.807, 2.05) is 30.7 Å². The average molecular weight is 548 g/mol. The quantitative estimate of drug-likeness (QED) is 0.216. The van der Waals surface area contributed by atoms with E-state index >= 15 is 0 Å². The Bertz CT molecular complexity index is 1580. The summed E-state index contributed by atoms with van der Waals surface area (Å²) in [6, 6.07) is 27.0. The van der Waals surface area contributed by atoms with Crippen molar-refractivity contribution in [3.05, 3.63) is 113 Å². The molecule has 1 aliphatic rings. The van der Waals surface area contributed by atoms with Gasteiger partial charge in [-0.1, -0.05) is 60.7 Å². The first-order valence-electron chi connectivity index (χ1n) is 14.3. The number of likely N-dealkylation sites (tertiary alicyclic amines) is 1. The SMILES string of the molecule is COc1ccc(Cn2c(CCc3ccccc3)nnc2[C@@H](Cc2c[nH]c3ccccc23)N2CCC[C@H]2N[C]=O)cc1. The zero-order chi connectivity index (χ0) is 28.0. The number of benzene rings is 3. The third kappa shape index (κ3) is 5.88. The largest absolute Gasteiger partial charge is 0.497 e. The summed E-state index contributed by atoms with van der Waals surface area (Å²) in [6.07, 6.45) is 8.21. The second-order valence-corrected chi connectivity index (χ2v) is 10.6. The monoisotopic (exact) mass is 547 g/mol. The fraction of sp³-hybridized carbons (Fsp3) is 0.303. The molecule has 8 nitrogen and oxygen atoms in total. The van der Waals surface area contributed by atoms with Gasteiger partial charge in [-0.25, -0.2) is 0 Å². The standard InChI is InChI=1S/C33H35N6O2/c1-41-27-16-13-25(14-17-27)22-39-32(18-15-24-8-3-2-4-9-24)36-37-33(39)30(38-19-7-12-31(38)35-23-40)20-26-21-34-29-11-6-5-10-28(26)29/h2-6,8-11,13-14,16-17,21,30-31,34H,7,12,15,18-20,22H2,1H3,(H,35,40)/t30-,31+/m1/s1. The number of hydrogen-bond acceptors (Lipinski definition) is 5. The molecule has 1 aliphatic heterocycles. The van der Waals surface area contributed by atoms with E-state index < -0.39 is 0 Å². The van der Waals surface area contributed by atoms with Crippen LogP contribution < -0.4 is 10.1 Å². The lowest BCUT2D eigenvalue weighted by molar-refractivity contribution is 0.157. The third-order valence-corrected chi connectivity index (χ3v) is 8.14. The number of hydrogen-bond donors (Lipinski definition) is 2. The molecule has 0 bridgehead atoms. The topological polar surface area (TPSA) is 88.1 Å². The van der Waals surface area contributed by atoms with Gasteiger partial charge in [0.1, 0.15) is 11.6 Å². The number of amides is 1. The molecule has 3 aromatic carbocycles. The van der Waals surface area contributed by atoms with Crippen LogP contribution in [0.25, 0.3) is 10.9 Å². The molecule has 5 aromatic rings. The molecule has 2 aromatic heterocycles. The van der Waals surface area contributed by atoms with E-state index in [2.05, 4.69) is 80.6 Å². The maximum atomic E-state index is 11.4. The molecule has 1 saturated heterocycles. The van der Waals surface area contributed by atoms with Crippen LogP contribution in [0, 0.1) is 0 Å². The first-order valence-corrected chi connectivity index (χ1v) is 14.3. The van der Waals surface area contributed by atoms with Gasteiger partial charge in [-0.05, 0) is 60.6 Å². The summed E-state index contributed by atoms with van der Waals surface area (Å²) in [5.41, 5.74) is 4.75. The first-order chi connectivity index (χ1) is 20.2. The minimum absolute atomic E-state index is 0.0845. The number of fused-ring (bicyclic) bond motifs is 1. The van der Waals surface area contributed by atoms with Crippen LogP contribution in [0.5, 0.6) is 5.75 Å². The van der Waals surface area contributed by atoms with E-state index in [9.17, 15) is 4.79 Å². The van der Waals surface area contributed by atoms with E-state index in [1.165, 1.54) is 16.5 Å². The number of carbonyl (C=O) groups excluding carboxylic acids is 1. The Kier molecular flexibility index (Phi) is 8.09. The fourth-order valence-electron chi connectivity index (χ4n) is 6.02. The van der Waals surface area contributed by atoms with Crippen LogP contribution in [0.2, 0.25) is 0 Å². The Labute approximate surface area is 240 Å². The second kappa shape index (κ2) is 12.4. The zero-order valence-corrected chi connectivity index (χ0v) is 23.3. The molecule has 2 atom stereocenters. The zero-order valence-electron chi connectivity index (χ0n) is 23.3. The van der Waals surface area contributed by atoms with Gasteiger partial charge in [0.15, 0.2) is 5.82 Å². The van der Waals surface area contributed by atoms with Gasteiger partial charge in [-0.15, -0.1) is 10.2 Å². The number of ether oxygens (including phenoxy) is 1. The van der Waals surface area contributed by atoms with E-state index in [0.29, 0.717) is 6.54 Å². The lowest BCUT2D eigenvalue weighted by Crippen LogP contribution is -2.44. The van der Waals surface area contributed by atoms with Gasteiger partial charge in [0.2, 0.25) is 0 Å². The van der Waals surface area contributed by atoms with Crippen LogP contribution in [-0.2, 0) is 30.6 Å². The van der Waals surface area contributed by atoms with Gasteiger partial charge in [0.05, 0.1) is 25.9 Å². The molecule has 8 heteroatoms. The Balaban J connectivity index is 1.40. The maximum absolute atomic E-state index is 11.4. The molecular weight excluding hydrogens is 512 g/mol. The minimum Gasteiger partial charge on any atom is -0.497 e. The van der Waals surface area contributed by atoms with Crippen LogP contribution in [0.1, 0.15) is 47.2 Å². The van der Waals surface area contributed by atoms with Gasteiger partial charge in [-0.3, -0.25) is 9.69 Å². The summed E-state index contributed by atoms with van der Waals surface area (Å²) < 4.78 is 7.68. The highest BCUT2D eigenvalue weighted by Crippen LogP contribution is 2.33.